The summed E-state index contributed by atoms with van der Waals surface area (Å²) in [4.78, 5) is 0. The summed E-state index contributed by atoms with van der Waals surface area (Å²) in [6, 6.07) is 3.92. The number of hydrogen-bond donors (Lipinski definition) is 1. The van der Waals surface area contributed by atoms with Crippen molar-refractivity contribution in [1.82, 2.24) is 0 Å². The summed E-state index contributed by atoms with van der Waals surface area (Å²) < 4.78 is 11.2. The van der Waals surface area contributed by atoms with Gasteiger partial charge in [-0.15, -0.1) is 0 Å². The van der Waals surface area contributed by atoms with Crippen molar-refractivity contribution in [2.45, 2.75) is 6.42 Å². The van der Waals surface area contributed by atoms with Gasteiger partial charge in [0.05, 0.1) is 14.2 Å². The lowest BCUT2D eigenvalue weighted by Crippen LogP contribution is -2.03. The Kier molecular flexibility index (Phi) is 4.22. The summed E-state index contributed by atoms with van der Waals surface area (Å²) in [6.07, 6.45) is 0.819. The average Bonchev–Trinajstić information content (AvgIpc) is 2.20. The first-order valence-corrected chi connectivity index (χ1v) is 5.12. The van der Waals surface area contributed by atoms with Gasteiger partial charge in [-0.3, -0.25) is 0 Å². The summed E-state index contributed by atoms with van der Waals surface area (Å²) in [5.74, 6) is 1.54. The maximum Gasteiger partial charge on any atom is 0.137 e. The van der Waals surface area contributed by atoms with Gasteiger partial charge in [0.2, 0.25) is 0 Å². The number of halogens is 1. The van der Waals surface area contributed by atoms with Crippen LogP contribution in [0.5, 0.6) is 11.5 Å². The first-order chi connectivity index (χ1) is 6.72. The zero-order chi connectivity index (χ0) is 10.6. The second kappa shape index (κ2) is 5.22. The van der Waals surface area contributed by atoms with Gasteiger partial charge in [0.25, 0.3) is 0 Å². The number of methoxy groups -OCH3 is 2. The van der Waals surface area contributed by atoms with Crippen molar-refractivity contribution in [1.29, 1.82) is 0 Å². The molecule has 0 saturated carbocycles. The second-order valence-electron chi connectivity index (χ2n) is 2.85. The minimum Gasteiger partial charge on any atom is -0.495 e. The number of ether oxygens (including phenoxy) is 2. The fourth-order valence-corrected chi connectivity index (χ4v) is 1.79. The van der Waals surface area contributed by atoms with Crippen LogP contribution in [0, 0.1) is 0 Å². The Morgan fingerprint density at radius 1 is 1.21 bits per heavy atom. The van der Waals surface area contributed by atoms with Crippen LogP contribution >= 0.6 is 15.9 Å². The van der Waals surface area contributed by atoms with Crippen LogP contribution in [0.4, 0.5) is 0 Å². The Morgan fingerprint density at radius 2 is 1.71 bits per heavy atom. The first-order valence-electron chi connectivity index (χ1n) is 4.33. The molecule has 1 aromatic carbocycles. The lowest BCUT2D eigenvalue weighted by atomic mass is 10.1. The molecule has 4 heteroatoms. The maximum atomic E-state index is 5.49. The molecule has 0 amide bonds. The molecule has 0 aliphatic heterocycles. The van der Waals surface area contributed by atoms with E-state index in [4.69, 9.17) is 15.2 Å². The van der Waals surface area contributed by atoms with Gasteiger partial charge in [0.1, 0.15) is 16.0 Å². The number of nitrogens with two attached hydrogens (primary N) is 1. The van der Waals surface area contributed by atoms with Crippen LogP contribution in [0.2, 0.25) is 0 Å². The van der Waals surface area contributed by atoms with Gasteiger partial charge in [0.15, 0.2) is 0 Å². The maximum absolute atomic E-state index is 5.49. The molecule has 1 rings (SSSR count). The molecule has 1 aromatic rings. The predicted octanol–water partition coefficient (Wildman–Crippen LogP) is 1.97. The molecule has 2 N–H and O–H groups in total. The molecule has 0 heterocycles. The van der Waals surface area contributed by atoms with E-state index in [1.165, 1.54) is 0 Å². The van der Waals surface area contributed by atoms with Crippen molar-refractivity contribution in [2.75, 3.05) is 20.8 Å². The third-order valence-corrected chi connectivity index (χ3v) is 2.72. The van der Waals surface area contributed by atoms with E-state index in [2.05, 4.69) is 15.9 Å². The number of hydrogen-bond acceptors (Lipinski definition) is 3. The smallest absolute Gasteiger partial charge is 0.137 e. The van der Waals surface area contributed by atoms with E-state index in [9.17, 15) is 0 Å². The Labute approximate surface area is 92.3 Å². The van der Waals surface area contributed by atoms with Crippen LogP contribution in [0.15, 0.2) is 16.6 Å². The molecule has 0 radical (unpaired) electrons. The van der Waals surface area contributed by atoms with Crippen LogP contribution in [-0.4, -0.2) is 20.8 Å². The van der Waals surface area contributed by atoms with Crippen LogP contribution in [0.1, 0.15) is 5.56 Å². The quantitative estimate of drug-likeness (QED) is 0.900. The van der Waals surface area contributed by atoms with Crippen LogP contribution in [0.25, 0.3) is 0 Å². The van der Waals surface area contributed by atoms with Crippen molar-refractivity contribution in [3.63, 3.8) is 0 Å². The Morgan fingerprint density at radius 3 is 2.07 bits per heavy atom. The minimum absolute atomic E-state index is 0.619. The average molecular weight is 260 g/mol. The molecule has 0 aliphatic rings. The molecule has 0 aromatic heterocycles. The molecule has 0 bridgehead atoms. The highest BCUT2D eigenvalue weighted by molar-refractivity contribution is 9.10. The highest BCUT2D eigenvalue weighted by Crippen LogP contribution is 2.35. The molecule has 0 aliphatic carbocycles. The van der Waals surface area contributed by atoms with E-state index >= 15 is 0 Å². The van der Waals surface area contributed by atoms with Crippen LogP contribution < -0.4 is 15.2 Å². The van der Waals surface area contributed by atoms with E-state index < -0.39 is 0 Å². The topological polar surface area (TPSA) is 44.5 Å². The molecule has 0 atom stereocenters. The second-order valence-corrected chi connectivity index (χ2v) is 3.65. The van der Waals surface area contributed by atoms with Gasteiger partial charge < -0.3 is 15.2 Å². The summed E-state index contributed by atoms with van der Waals surface area (Å²) in [6.45, 7) is 0.619. The lowest BCUT2D eigenvalue weighted by molar-refractivity contribution is 0.388. The highest BCUT2D eigenvalue weighted by Gasteiger charge is 2.08. The Hall–Kier alpha value is -0.740. The van der Waals surface area contributed by atoms with Gasteiger partial charge in [-0.2, -0.15) is 0 Å². The molecule has 3 nitrogen and oxygen atoms in total. The summed E-state index contributed by atoms with van der Waals surface area (Å²) in [5.41, 5.74) is 6.60. The molecule has 14 heavy (non-hydrogen) atoms. The number of benzene rings is 1. The van der Waals surface area contributed by atoms with Crippen molar-refractivity contribution in [3.8, 4) is 11.5 Å². The summed E-state index contributed by atoms with van der Waals surface area (Å²) in [5, 5.41) is 0. The standard InChI is InChI=1S/C10H14BrNO2/c1-13-8-5-7(3-4-12)6-9(14-2)10(8)11/h5-6H,3-4,12H2,1-2H3. The molecular weight excluding hydrogens is 246 g/mol. The minimum atomic E-state index is 0.619. The van der Waals surface area contributed by atoms with E-state index in [1.54, 1.807) is 14.2 Å². The monoisotopic (exact) mass is 259 g/mol. The van der Waals surface area contributed by atoms with E-state index in [1.807, 2.05) is 12.1 Å². The SMILES string of the molecule is COc1cc(CCN)cc(OC)c1Br. The van der Waals surface area contributed by atoms with Crippen molar-refractivity contribution in [2.24, 2.45) is 5.73 Å². The van der Waals surface area contributed by atoms with Gasteiger partial charge in [-0.05, 0) is 46.6 Å². The predicted molar refractivity (Wildman–Crippen MR) is 60.0 cm³/mol. The zero-order valence-electron chi connectivity index (χ0n) is 8.34. The van der Waals surface area contributed by atoms with Gasteiger partial charge in [0, 0.05) is 0 Å². The highest BCUT2D eigenvalue weighted by atomic mass is 79.9. The summed E-state index contributed by atoms with van der Waals surface area (Å²) in [7, 11) is 3.26. The lowest BCUT2D eigenvalue weighted by Gasteiger charge is -2.10. The number of rotatable bonds is 4. The molecular formula is C10H14BrNO2. The fourth-order valence-electron chi connectivity index (χ4n) is 1.23. The van der Waals surface area contributed by atoms with Crippen molar-refractivity contribution in [3.05, 3.63) is 22.2 Å². The third kappa shape index (κ3) is 2.39. The largest absolute Gasteiger partial charge is 0.495 e. The zero-order valence-corrected chi connectivity index (χ0v) is 9.93. The van der Waals surface area contributed by atoms with E-state index in [0.717, 1.165) is 28.0 Å². The normalized spacial score (nSPS) is 10.0. The first kappa shape index (κ1) is 11.3. The summed E-state index contributed by atoms with van der Waals surface area (Å²) >= 11 is 3.41. The van der Waals surface area contributed by atoms with Crippen LogP contribution in [0.3, 0.4) is 0 Å². The molecule has 0 fully saturated rings. The van der Waals surface area contributed by atoms with Gasteiger partial charge in [-0.1, -0.05) is 0 Å². The van der Waals surface area contributed by atoms with Gasteiger partial charge in [-0.25, -0.2) is 0 Å². The van der Waals surface area contributed by atoms with Gasteiger partial charge >= 0.3 is 0 Å². The Balaban J connectivity index is 3.11. The fraction of sp³-hybridized carbons (Fsp3) is 0.400. The molecule has 0 spiro atoms. The van der Waals surface area contributed by atoms with E-state index in [0.29, 0.717) is 6.54 Å². The van der Waals surface area contributed by atoms with Crippen molar-refractivity contribution >= 4 is 15.9 Å². The third-order valence-electron chi connectivity index (χ3n) is 1.94. The van der Waals surface area contributed by atoms with Crippen molar-refractivity contribution < 1.29 is 9.47 Å². The Bertz CT molecular complexity index is 290. The van der Waals surface area contributed by atoms with E-state index in [-0.39, 0.29) is 0 Å². The molecule has 0 unspecified atom stereocenters. The van der Waals surface area contributed by atoms with Crippen LogP contribution in [-0.2, 0) is 6.42 Å². The molecule has 78 valence electrons. The molecule has 0 saturated heterocycles.